The van der Waals surface area contributed by atoms with E-state index >= 15 is 0 Å². The second-order valence-electron chi connectivity index (χ2n) is 7.66. The molecule has 2 unspecified atom stereocenters. The van der Waals surface area contributed by atoms with Crippen LogP contribution < -0.4 is 18.9 Å². The fourth-order valence-electron chi connectivity index (χ4n) is 4.47. The van der Waals surface area contributed by atoms with E-state index in [1.807, 2.05) is 12.1 Å². The van der Waals surface area contributed by atoms with Gasteiger partial charge in [-0.2, -0.15) is 0 Å². The number of fused-ring (bicyclic) bond motifs is 3. The Bertz CT molecular complexity index is 980. The fourth-order valence-corrected chi connectivity index (χ4v) is 4.47. The SMILES string of the molecule is COc1cc(OC)c(C2=NC3CCCCC3c3cc(OCC(F)F)c(OC)cc32)cn1. The van der Waals surface area contributed by atoms with E-state index in [4.69, 9.17) is 23.9 Å². The molecule has 2 atom stereocenters. The van der Waals surface area contributed by atoms with Crippen molar-refractivity contribution in [1.82, 2.24) is 4.98 Å². The van der Waals surface area contributed by atoms with Gasteiger partial charge in [0.2, 0.25) is 5.88 Å². The Morgan fingerprint density at radius 3 is 2.42 bits per heavy atom. The van der Waals surface area contributed by atoms with Crippen LogP contribution in [0.2, 0.25) is 0 Å². The normalized spacial score (nSPS) is 19.9. The van der Waals surface area contributed by atoms with E-state index in [1.165, 1.54) is 7.11 Å². The Morgan fingerprint density at radius 1 is 0.935 bits per heavy atom. The average Bonchev–Trinajstić information content (AvgIpc) is 2.81. The first kappa shape index (κ1) is 21.3. The monoisotopic (exact) mass is 432 g/mol. The van der Waals surface area contributed by atoms with E-state index in [-0.39, 0.29) is 12.0 Å². The Morgan fingerprint density at radius 2 is 1.71 bits per heavy atom. The van der Waals surface area contributed by atoms with Gasteiger partial charge < -0.3 is 18.9 Å². The fraction of sp³-hybridized carbons (Fsp3) is 0.478. The maximum atomic E-state index is 12.8. The lowest BCUT2D eigenvalue weighted by atomic mass is 9.75. The molecule has 4 rings (SSSR count). The summed E-state index contributed by atoms with van der Waals surface area (Å²) in [5.41, 5.74) is 3.42. The molecular formula is C23H26F2N2O4. The number of rotatable bonds is 7. The highest BCUT2D eigenvalue weighted by molar-refractivity contribution is 6.16. The summed E-state index contributed by atoms with van der Waals surface area (Å²) in [5, 5.41) is 0. The van der Waals surface area contributed by atoms with Gasteiger partial charge in [0.15, 0.2) is 11.5 Å². The number of nitrogens with zero attached hydrogens (tertiary/aromatic N) is 2. The number of aromatic nitrogens is 1. The number of pyridine rings is 1. The summed E-state index contributed by atoms with van der Waals surface area (Å²) in [6.45, 7) is -0.680. The zero-order valence-electron chi connectivity index (χ0n) is 17.9. The number of methoxy groups -OCH3 is 3. The van der Waals surface area contributed by atoms with Gasteiger partial charge in [0.1, 0.15) is 12.4 Å². The lowest BCUT2D eigenvalue weighted by molar-refractivity contribution is 0.0803. The number of alkyl halides is 2. The molecule has 2 heterocycles. The molecule has 2 aromatic rings. The van der Waals surface area contributed by atoms with Gasteiger partial charge in [-0.15, -0.1) is 0 Å². The summed E-state index contributed by atoms with van der Waals surface area (Å²) in [4.78, 5) is 9.44. The number of halogens is 2. The maximum absolute atomic E-state index is 12.8. The molecule has 1 fully saturated rings. The molecule has 6 nitrogen and oxygen atoms in total. The van der Waals surface area contributed by atoms with Crippen molar-refractivity contribution in [3.8, 4) is 23.1 Å². The molecule has 1 aromatic carbocycles. The predicted molar refractivity (Wildman–Crippen MR) is 112 cm³/mol. The molecule has 0 N–H and O–H groups in total. The van der Waals surface area contributed by atoms with E-state index in [9.17, 15) is 8.78 Å². The lowest BCUT2D eigenvalue weighted by Crippen LogP contribution is -2.30. The molecule has 2 aliphatic rings. The molecule has 1 aliphatic heterocycles. The first-order chi connectivity index (χ1) is 15.0. The van der Waals surface area contributed by atoms with Crippen molar-refractivity contribution in [2.75, 3.05) is 27.9 Å². The van der Waals surface area contributed by atoms with Crippen LogP contribution in [-0.2, 0) is 0 Å². The third-order valence-electron chi connectivity index (χ3n) is 5.90. The molecule has 166 valence electrons. The van der Waals surface area contributed by atoms with Crippen LogP contribution in [0.25, 0.3) is 0 Å². The summed E-state index contributed by atoms with van der Waals surface area (Å²) in [7, 11) is 4.64. The second-order valence-corrected chi connectivity index (χ2v) is 7.66. The van der Waals surface area contributed by atoms with Crippen molar-refractivity contribution < 1.29 is 27.7 Å². The molecule has 0 amide bonds. The van der Waals surface area contributed by atoms with Gasteiger partial charge in [0.05, 0.1) is 38.6 Å². The van der Waals surface area contributed by atoms with Gasteiger partial charge in [-0.25, -0.2) is 13.8 Å². The van der Waals surface area contributed by atoms with E-state index in [0.29, 0.717) is 23.1 Å². The molecule has 0 spiro atoms. The number of benzene rings is 1. The Balaban J connectivity index is 1.86. The van der Waals surface area contributed by atoms with Crippen LogP contribution in [0, 0.1) is 0 Å². The largest absolute Gasteiger partial charge is 0.496 e. The minimum Gasteiger partial charge on any atom is -0.496 e. The number of hydrogen-bond acceptors (Lipinski definition) is 6. The van der Waals surface area contributed by atoms with Crippen molar-refractivity contribution >= 4 is 5.71 Å². The van der Waals surface area contributed by atoms with Crippen LogP contribution in [0.15, 0.2) is 29.4 Å². The molecule has 8 heteroatoms. The van der Waals surface area contributed by atoms with Crippen LogP contribution in [0.4, 0.5) is 8.78 Å². The molecule has 0 radical (unpaired) electrons. The van der Waals surface area contributed by atoms with Crippen LogP contribution in [0.5, 0.6) is 23.1 Å². The van der Waals surface area contributed by atoms with Crippen molar-refractivity contribution in [2.24, 2.45) is 4.99 Å². The predicted octanol–water partition coefficient (Wildman–Crippen LogP) is 4.63. The zero-order chi connectivity index (χ0) is 22.0. The molecule has 0 bridgehead atoms. The number of hydrogen-bond donors (Lipinski definition) is 0. The highest BCUT2D eigenvalue weighted by atomic mass is 19.3. The molecule has 31 heavy (non-hydrogen) atoms. The van der Waals surface area contributed by atoms with Crippen LogP contribution >= 0.6 is 0 Å². The van der Waals surface area contributed by atoms with Gasteiger partial charge in [0.25, 0.3) is 6.43 Å². The summed E-state index contributed by atoms with van der Waals surface area (Å²) in [6, 6.07) is 5.50. The second kappa shape index (κ2) is 9.08. The van der Waals surface area contributed by atoms with Crippen molar-refractivity contribution in [2.45, 2.75) is 44.1 Å². The number of aliphatic imine (C=N–C) groups is 1. The van der Waals surface area contributed by atoms with E-state index in [2.05, 4.69) is 4.98 Å². The van der Waals surface area contributed by atoms with E-state index in [0.717, 1.165) is 48.1 Å². The van der Waals surface area contributed by atoms with Gasteiger partial charge in [0, 0.05) is 23.7 Å². The molecular weight excluding hydrogens is 406 g/mol. The van der Waals surface area contributed by atoms with E-state index in [1.54, 1.807) is 26.5 Å². The van der Waals surface area contributed by atoms with Crippen LogP contribution in [0.1, 0.15) is 48.3 Å². The standard InChI is InChI=1S/C23H26F2N2O4/c1-28-18-10-22(30-3)26-11-16(18)23-15-9-19(29-2)20(31-12-21(24)25)8-14(15)13-6-4-5-7-17(13)27-23/h8-11,13,17,21H,4-7,12H2,1-3H3. The van der Waals surface area contributed by atoms with Crippen molar-refractivity contribution in [3.05, 3.63) is 41.1 Å². The minimum atomic E-state index is -2.56. The zero-order valence-corrected chi connectivity index (χ0v) is 17.9. The Hall–Kier alpha value is -2.90. The topological polar surface area (TPSA) is 62.2 Å². The Kier molecular flexibility index (Phi) is 6.25. The summed E-state index contributed by atoms with van der Waals surface area (Å²) in [5.74, 6) is 1.97. The van der Waals surface area contributed by atoms with Gasteiger partial charge >= 0.3 is 0 Å². The molecule has 1 aliphatic carbocycles. The first-order valence-electron chi connectivity index (χ1n) is 10.3. The average molecular weight is 432 g/mol. The van der Waals surface area contributed by atoms with Gasteiger partial charge in [-0.05, 0) is 30.5 Å². The quantitative estimate of drug-likeness (QED) is 0.639. The van der Waals surface area contributed by atoms with Crippen LogP contribution in [-0.4, -0.2) is 51.1 Å². The lowest BCUT2D eigenvalue weighted by Gasteiger charge is -2.36. The smallest absolute Gasteiger partial charge is 0.272 e. The minimum absolute atomic E-state index is 0.111. The summed E-state index contributed by atoms with van der Waals surface area (Å²) < 4.78 is 47.2. The molecule has 1 saturated carbocycles. The summed E-state index contributed by atoms with van der Waals surface area (Å²) in [6.07, 6.45) is 3.31. The Labute approximate surface area is 180 Å². The number of ether oxygens (including phenoxy) is 4. The van der Waals surface area contributed by atoms with Gasteiger partial charge in [-0.1, -0.05) is 12.8 Å². The van der Waals surface area contributed by atoms with Crippen molar-refractivity contribution in [3.63, 3.8) is 0 Å². The third-order valence-corrected chi connectivity index (χ3v) is 5.90. The molecule has 0 saturated heterocycles. The molecule has 1 aromatic heterocycles. The third kappa shape index (κ3) is 4.16. The van der Waals surface area contributed by atoms with E-state index < -0.39 is 13.0 Å². The van der Waals surface area contributed by atoms with Crippen LogP contribution in [0.3, 0.4) is 0 Å². The van der Waals surface area contributed by atoms with Gasteiger partial charge in [-0.3, -0.25) is 4.99 Å². The maximum Gasteiger partial charge on any atom is 0.272 e. The highest BCUT2D eigenvalue weighted by Gasteiger charge is 2.35. The summed E-state index contributed by atoms with van der Waals surface area (Å²) >= 11 is 0. The van der Waals surface area contributed by atoms with Crippen molar-refractivity contribution in [1.29, 1.82) is 0 Å². The first-order valence-corrected chi connectivity index (χ1v) is 10.3. The highest BCUT2D eigenvalue weighted by Crippen LogP contribution is 2.45.